The topological polar surface area (TPSA) is 105 Å². The standard InChI is InChI=1S/C31H31ClN6O4/c32-26-12-10-25(11-13-26)29-27(24-4-2-1-3-5-24)20-37(33-29)30-34-38(31(41)36(30)21-28(39)40)19-23-8-6-22(7-9-23)18-35-14-16-42-17-15-35/h1-13,27H,14-21H2,(H,39,40)/t27-/m1/s1. The average Bonchev–Trinajstić information content (AvgIpc) is 3.57. The number of ether oxygens (including phenoxy) is 1. The van der Waals surface area contributed by atoms with Crippen molar-refractivity contribution in [2.75, 3.05) is 37.9 Å². The highest BCUT2D eigenvalue weighted by atomic mass is 35.5. The number of hydrogen-bond acceptors (Lipinski definition) is 7. The number of carbonyl (C=O) groups is 1. The lowest BCUT2D eigenvalue weighted by molar-refractivity contribution is -0.137. The zero-order chi connectivity index (χ0) is 29.1. The van der Waals surface area contributed by atoms with Gasteiger partial charge in [-0.25, -0.2) is 19.1 Å². The summed E-state index contributed by atoms with van der Waals surface area (Å²) in [7, 11) is 0. The van der Waals surface area contributed by atoms with Crippen LogP contribution in [0.1, 0.15) is 28.2 Å². The van der Waals surface area contributed by atoms with E-state index in [4.69, 9.17) is 21.4 Å². The van der Waals surface area contributed by atoms with Crippen LogP contribution in [0, 0.1) is 0 Å². The van der Waals surface area contributed by atoms with Gasteiger partial charge in [-0.15, -0.1) is 5.10 Å². The Morgan fingerprint density at radius 3 is 2.26 bits per heavy atom. The summed E-state index contributed by atoms with van der Waals surface area (Å²) in [6, 6.07) is 25.5. The molecule has 0 unspecified atom stereocenters. The van der Waals surface area contributed by atoms with Gasteiger partial charge in [0.2, 0.25) is 5.95 Å². The predicted octanol–water partition coefficient (Wildman–Crippen LogP) is 3.67. The van der Waals surface area contributed by atoms with Crippen molar-refractivity contribution >= 4 is 29.2 Å². The Morgan fingerprint density at radius 1 is 0.929 bits per heavy atom. The number of hydrogen-bond donors (Lipinski definition) is 1. The van der Waals surface area contributed by atoms with Crippen molar-refractivity contribution in [3.8, 4) is 0 Å². The SMILES string of the molecule is O=C(O)Cn1c(N2C[C@H](c3ccccc3)C(c3ccc(Cl)cc3)=N2)nn(Cc2ccc(CN3CCOCC3)cc2)c1=O. The van der Waals surface area contributed by atoms with E-state index in [-0.39, 0.29) is 18.4 Å². The molecule has 2 aliphatic rings. The molecule has 10 nitrogen and oxygen atoms in total. The molecule has 1 N–H and O–H groups in total. The molecule has 216 valence electrons. The van der Waals surface area contributed by atoms with E-state index in [0.717, 1.165) is 55.3 Å². The molecule has 1 fully saturated rings. The largest absolute Gasteiger partial charge is 0.480 e. The minimum Gasteiger partial charge on any atom is -0.480 e. The predicted molar refractivity (Wildman–Crippen MR) is 160 cm³/mol. The fourth-order valence-electron chi connectivity index (χ4n) is 5.39. The zero-order valence-electron chi connectivity index (χ0n) is 23.0. The Hall–Kier alpha value is -4.25. The second-order valence-electron chi connectivity index (χ2n) is 10.5. The molecule has 3 aromatic carbocycles. The first-order valence-electron chi connectivity index (χ1n) is 13.9. The fourth-order valence-corrected chi connectivity index (χ4v) is 5.52. The Balaban J connectivity index is 1.30. The molecule has 4 aromatic rings. The second kappa shape index (κ2) is 12.3. The lowest BCUT2D eigenvalue weighted by atomic mass is 9.91. The molecule has 0 radical (unpaired) electrons. The Kier molecular flexibility index (Phi) is 8.18. The summed E-state index contributed by atoms with van der Waals surface area (Å²) in [5.74, 6) is -1.06. The van der Waals surface area contributed by atoms with Gasteiger partial charge in [-0.05, 0) is 34.4 Å². The normalized spacial score (nSPS) is 17.4. The summed E-state index contributed by atoms with van der Waals surface area (Å²) in [6.07, 6.45) is 0. The van der Waals surface area contributed by atoms with Gasteiger partial charge >= 0.3 is 11.7 Å². The van der Waals surface area contributed by atoms with E-state index < -0.39 is 18.2 Å². The van der Waals surface area contributed by atoms with Crippen LogP contribution in [0.25, 0.3) is 0 Å². The van der Waals surface area contributed by atoms with E-state index >= 15 is 0 Å². The lowest BCUT2D eigenvalue weighted by Gasteiger charge is -2.26. The van der Waals surface area contributed by atoms with Gasteiger partial charge in [-0.3, -0.25) is 9.69 Å². The van der Waals surface area contributed by atoms with Crippen LogP contribution in [0.4, 0.5) is 5.95 Å². The quantitative estimate of drug-likeness (QED) is 0.319. The fraction of sp³-hybridized carbons (Fsp3) is 0.290. The second-order valence-corrected chi connectivity index (χ2v) is 10.9. The molecule has 0 amide bonds. The smallest absolute Gasteiger partial charge is 0.348 e. The summed E-state index contributed by atoms with van der Waals surface area (Å²) < 4.78 is 7.91. The van der Waals surface area contributed by atoms with Crippen molar-refractivity contribution in [3.63, 3.8) is 0 Å². The number of hydrazone groups is 1. The number of nitrogens with zero attached hydrogens (tertiary/aromatic N) is 6. The Morgan fingerprint density at radius 2 is 1.60 bits per heavy atom. The molecule has 0 aliphatic carbocycles. The van der Waals surface area contributed by atoms with E-state index in [9.17, 15) is 14.7 Å². The maximum absolute atomic E-state index is 13.4. The molecule has 0 saturated carbocycles. The third-order valence-corrected chi connectivity index (χ3v) is 7.80. The van der Waals surface area contributed by atoms with Gasteiger partial charge in [-0.2, -0.15) is 5.10 Å². The van der Waals surface area contributed by atoms with E-state index in [2.05, 4.69) is 22.1 Å². The number of rotatable bonds is 9. The van der Waals surface area contributed by atoms with Crippen molar-refractivity contribution < 1.29 is 14.6 Å². The average molecular weight is 587 g/mol. The molecule has 42 heavy (non-hydrogen) atoms. The van der Waals surface area contributed by atoms with Gasteiger partial charge < -0.3 is 9.84 Å². The maximum atomic E-state index is 13.4. The number of aliphatic carboxylic acids is 1. The number of halogens is 1. The third-order valence-electron chi connectivity index (χ3n) is 7.55. The highest BCUT2D eigenvalue weighted by Gasteiger charge is 2.33. The molecule has 0 spiro atoms. The molecular weight excluding hydrogens is 556 g/mol. The van der Waals surface area contributed by atoms with Crippen LogP contribution >= 0.6 is 11.6 Å². The number of morpholine rings is 1. The molecule has 1 saturated heterocycles. The first-order chi connectivity index (χ1) is 20.4. The Bertz CT molecular complexity index is 1630. The van der Waals surface area contributed by atoms with Gasteiger partial charge in [0.25, 0.3) is 0 Å². The van der Waals surface area contributed by atoms with Gasteiger partial charge in [0.1, 0.15) is 6.54 Å². The van der Waals surface area contributed by atoms with Crippen molar-refractivity contribution in [3.05, 3.63) is 117 Å². The van der Waals surface area contributed by atoms with E-state index in [1.165, 1.54) is 14.8 Å². The number of carboxylic acids is 1. The highest BCUT2D eigenvalue weighted by Crippen LogP contribution is 2.31. The van der Waals surface area contributed by atoms with E-state index in [1.54, 1.807) is 5.01 Å². The van der Waals surface area contributed by atoms with E-state index in [1.807, 2.05) is 66.7 Å². The van der Waals surface area contributed by atoms with Crippen molar-refractivity contribution in [2.45, 2.75) is 25.6 Å². The van der Waals surface area contributed by atoms with Crippen LogP contribution in [0.3, 0.4) is 0 Å². The summed E-state index contributed by atoms with van der Waals surface area (Å²) in [5.41, 5.74) is 4.30. The van der Waals surface area contributed by atoms with Crippen LogP contribution in [0.5, 0.6) is 0 Å². The molecule has 11 heteroatoms. The third kappa shape index (κ3) is 6.15. The van der Waals surface area contributed by atoms with Crippen LogP contribution in [-0.2, 0) is 29.2 Å². The number of benzene rings is 3. The summed E-state index contributed by atoms with van der Waals surface area (Å²) >= 11 is 6.14. The van der Waals surface area contributed by atoms with Gasteiger partial charge in [0.15, 0.2) is 0 Å². The van der Waals surface area contributed by atoms with Crippen molar-refractivity contribution in [1.82, 2.24) is 19.2 Å². The summed E-state index contributed by atoms with van der Waals surface area (Å²) in [4.78, 5) is 27.6. The minimum absolute atomic E-state index is 0.120. The number of anilines is 1. The maximum Gasteiger partial charge on any atom is 0.348 e. The monoisotopic (exact) mass is 586 g/mol. The van der Waals surface area contributed by atoms with Gasteiger partial charge in [0.05, 0.1) is 32.0 Å². The number of carboxylic acid groups (broad SMARTS) is 1. The van der Waals surface area contributed by atoms with Crippen LogP contribution in [-0.4, -0.2) is 68.9 Å². The molecular formula is C31H31ClN6O4. The first kappa shape index (κ1) is 27.9. The summed E-state index contributed by atoms with van der Waals surface area (Å²) in [5, 5.41) is 21.4. The lowest BCUT2D eigenvalue weighted by Crippen LogP contribution is -2.35. The van der Waals surface area contributed by atoms with Gasteiger partial charge in [0, 0.05) is 30.6 Å². The van der Waals surface area contributed by atoms with E-state index in [0.29, 0.717) is 11.6 Å². The molecule has 1 atom stereocenters. The molecule has 3 heterocycles. The minimum atomic E-state index is -1.13. The van der Waals surface area contributed by atoms with Crippen molar-refractivity contribution in [2.24, 2.45) is 5.10 Å². The van der Waals surface area contributed by atoms with Crippen LogP contribution in [0.2, 0.25) is 5.02 Å². The highest BCUT2D eigenvalue weighted by molar-refractivity contribution is 6.30. The van der Waals surface area contributed by atoms with Crippen LogP contribution in [0.15, 0.2) is 88.8 Å². The molecule has 2 aliphatic heterocycles. The van der Waals surface area contributed by atoms with Crippen LogP contribution < -0.4 is 10.7 Å². The zero-order valence-corrected chi connectivity index (χ0v) is 23.7. The molecule has 1 aromatic heterocycles. The Labute approximate surface area is 248 Å². The molecule has 6 rings (SSSR count). The first-order valence-corrected chi connectivity index (χ1v) is 14.3. The van der Waals surface area contributed by atoms with Crippen molar-refractivity contribution in [1.29, 1.82) is 0 Å². The van der Waals surface area contributed by atoms with Gasteiger partial charge in [-0.1, -0.05) is 78.3 Å². The summed E-state index contributed by atoms with van der Waals surface area (Å²) in [6.45, 7) is 4.23. The molecule has 0 bridgehead atoms. The number of aromatic nitrogens is 3.